The van der Waals surface area contributed by atoms with Crippen LogP contribution < -0.4 is 11.1 Å². The Hall–Kier alpha value is -1.83. The number of carbonyl (C=O) groups excluding carboxylic acids is 2. The molecule has 0 spiro atoms. The Bertz CT molecular complexity index is 360. The molecule has 0 aromatic carbocycles. The number of carboxylic acid groups (broad SMARTS) is 1. The maximum absolute atomic E-state index is 12.0. The van der Waals surface area contributed by atoms with Gasteiger partial charge in [0.15, 0.2) is 0 Å². The monoisotopic (exact) mass is 273 g/mol. The molecule has 0 aromatic rings. The number of nitrogens with one attached hydrogen (secondary N) is 1. The minimum absolute atomic E-state index is 0.166. The average Bonchev–Trinajstić information content (AvgIpc) is 2.37. The summed E-state index contributed by atoms with van der Waals surface area (Å²) in [5.74, 6) is -2.12. The van der Waals surface area contributed by atoms with Gasteiger partial charge < -0.3 is 26.2 Å². The molecule has 0 saturated carbocycles. The van der Waals surface area contributed by atoms with Gasteiger partial charge in [-0.3, -0.25) is 4.79 Å². The van der Waals surface area contributed by atoms with Crippen molar-refractivity contribution >= 4 is 17.9 Å². The van der Waals surface area contributed by atoms with Crippen LogP contribution in [0.2, 0.25) is 0 Å². The lowest BCUT2D eigenvalue weighted by Gasteiger charge is -2.35. The first-order chi connectivity index (χ1) is 8.95. The van der Waals surface area contributed by atoms with E-state index < -0.39 is 30.4 Å². The number of aliphatic hydroxyl groups excluding tert-OH is 1. The third kappa shape index (κ3) is 4.40. The van der Waals surface area contributed by atoms with Crippen LogP contribution in [0.25, 0.3) is 0 Å². The van der Waals surface area contributed by atoms with Gasteiger partial charge in [0.05, 0.1) is 19.1 Å². The molecule has 1 saturated heterocycles. The molecular weight excluding hydrogens is 254 g/mol. The molecule has 0 aromatic heterocycles. The lowest BCUT2D eigenvalue weighted by molar-refractivity contribution is -0.141. The van der Waals surface area contributed by atoms with Crippen molar-refractivity contribution in [2.24, 2.45) is 5.73 Å². The molecule has 1 unspecified atom stereocenters. The van der Waals surface area contributed by atoms with Crippen LogP contribution in [0, 0.1) is 0 Å². The number of hydrogen-bond acceptors (Lipinski definition) is 4. The highest BCUT2D eigenvalue weighted by Crippen LogP contribution is 2.16. The van der Waals surface area contributed by atoms with Crippen molar-refractivity contribution in [1.82, 2.24) is 10.2 Å². The number of carboxylic acids is 1. The van der Waals surface area contributed by atoms with E-state index in [4.69, 9.17) is 10.8 Å². The summed E-state index contributed by atoms with van der Waals surface area (Å²) >= 11 is 0. The number of primary amides is 1. The summed E-state index contributed by atoms with van der Waals surface area (Å²) in [6.45, 7) is 0.293. The van der Waals surface area contributed by atoms with Gasteiger partial charge in [0, 0.05) is 6.54 Å². The Balaban J connectivity index is 2.64. The number of amides is 3. The van der Waals surface area contributed by atoms with Gasteiger partial charge in [-0.15, -0.1) is 0 Å². The van der Waals surface area contributed by atoms with Crippen LogP contribution in [0.15, 0.2) is 0 Å². The molecule has 1 aliphatic heterocycles. The van der Waals surface area contributed by atoms with Gasteiger partial charge in [0.2, 0.25) is 5.91 Å². The summed E-state index contributed by atoms with van der Waals surface area (Å²) in [7, 11) is 0. The lowest BCUT2D eigenvalue weighted by atomic mass is 10.0. The van der Waals surface area contributed by atoms with Crippen LogP contribution in [-0.2, 0) is 9.59 Å². The molecule has 1 fully saturated rings. The number of piperidine rings is 1. The SMILES string of the molecule is NC(=O)C[C@H](NC(=O)N1CCCCC1CO)C(=O)O. The van der Waals surface area contributed by atoms with Gasteiger partial charge >= 0.3 is 12.0 Å². The number of rotatable bonds is 5. The Morgan fingerprint density at radius 2 is 2.05 bits per heavy atom. The first-order valence-corrected chi connectivity index (χ1v) is 6.14. The number of hydrogen-bond donors (Lipinski definition) is 4. The number of aliphatic carboxylic acids is 1. The number of aliphatic hydroxyl groups is 1. The van der Waals surface area contributed by atoms with Crippen molar-refractivity contribution in [2.45, 2.75) is 37.8 Å². The first-order valence-electron chi connectivity index (χ1n) is 6.14. The summed E-state index contributed by atoms with van der Waals surface area (Å²) in [6.07, 6.45) is 1.94. The molecule has 8 heteroatoms. The maximum atomic E-state index is 12.0. The second kappa shape index (κ2) is 6.93. The van der Waals surface area contributed by atoms with E-state index in [-0.39, 0.29) is 12.6 Å². The van der Waals surface area contributed by atoms with Crippen LogP contribution in [0.5, 0.6) is 0 Å². The van der Waals surface area contributed by atoms with E-state index in [9.17, 15) is 19.5 Å². The number of carbonyl (C=O) groups is 3. The molecule has 0 bridgehead atoms. The summed E-state index contributed by atoms with van der Waals surface area (Å²) in [5.41, 5.74) is 4.93. The first kappa shape index (κ1) is 15.2. The number of nitrogens with zero attached hydrogens (tertiary/aromatic N) is 1. The number of urea groups is 1. The molecule has 1 aliphatic rings. The molecule has 8 nitrogen and oxygen atoms in total. The highest BCUT2D eigenvalue weighted by Gasteiger charge is 2.29. The zero-order valence-corrected chi connectivity index (χ0v) is 10.5. The number of likely N-dealkylation sites (tertiary alicyclic amines) is 1. The van der Waals surface area contributed by atoms with Gasteiger partial charge in [0.1, 0.15) is 6.04 Å². The second-order valence-electron chi connectivity index (χ2n) is 4.54. The summed E-state index contributed by atoms with van der Waals surface area (Å²) in [6, 6.07) is -2.24. The molecule has 1 heterocycles. The summed E-state index contributed by atoms with van der Waals surface area (Å²) in [5, 5.41) is 20.3. The fourth-order valence-corrected chi connectivity index (χ4v) is 2.09. The van der Waals surface area contributed by atoms with E-state index in [0.717, 1.165) is 12.8 Å². The van der Waals surface area contributed by atoms with Crippen LogP contribution in [0.1, 0.15) is 25.7 Å². The van der Waals surface area contributed by atoms with Crippen molar-refractivity contribution in [3.8, 4) is 0 Å². The predicted molar refractivity (Wildman–Crippen MR) is 65.2 cm³/mol. The van der Waals surface area contributed by atoms with Gasteiger partial charge in [-0.2, -0.15) is 0 Å². The Labute approximate surface area is 110 Å². The Morgan fingerprint density at radius 3 is 2.58 bits per heavy atom. The van der Waals surface area contributed by atoms with Crippen molar-refractivity contribution in [2.75, 3.05) is 13.2 Å². The van der Waals surface area contributed by atoms with E-state index in [2.05, 4.69) is 5.32 Å². The molecule has 108 valence electrons. The number of nitrogens with two attached hydrogens (primary N) is 1. The second-order valence-corrected chi connectivity index (χ2v) is 4.54. The molecular formula is C11H19N3O5. The summed E-state index contributed by atoms with van der Waals surface area (Å²) < 4.78 is 0. The maximum Gasteiger partial charge on any atom is 0.326 e. The van der Waals surface area contributed by atoms with Gasteiger partial charge in [-0.25, -0.2) is 9.59 Å². The fourth-order valence-electron chi connectivity index (χ4n) is 2.09. The van der Waals surface area contributed by atoms with Gasteiger partial charge in [0.25, 0.3) is 0 Å². The summed E-state index contributed by atoms with van der Waals surface area (Å²) in [4.78, 5) is 35.0. The van der Waals surface area contributed by atoms with Gasteiger partial charge in [-0.1, -0.05) is 0 Å². The third-order valence-electron chi connectivity index (χ3n) is 3.10. The van der Waals surface area contributed by atoms with E-state index in [0.29, 0.717) is 13.0 Å². The topological polar surface area (TPSA) is 133 Å². The molecule has 19 heavy (non-hydrogen) atoms. The van der Waals surface area contributed by atoms with Crippen LogP contribution in [-0.4, -0.2) is 58.3 Å². The molecule has 1 rings (SSSR count). The third-order valence-corrected chi connectivity index (χ3v) is 3.10. The van der Waals surface area contributed by atoms with E-state index in [1.165, 1.54) is 4.90 Å². The minimum Gasteiger partial charge on any atom is -0.480 e. The van der Waals surface area contributed by atoms with Crippen LogP contribution in [0.4, 0.5) is 4.79 Å². The van der Waals surface area contributed by atoms with E-state index in [1.807, 2.05) is 0 Å². The smallest absolute Gasteiger partial charge is 0.326 e. The highest BCUT2D eigenvalue weighted by atomic mass is 16.4. The van der Waals surface area contributed by atoms with E-state index in [1.54, 1.807) is 0 Å². The average molecular weight is 273 g/mol. The van der Waals surface area contributed by atoms with Crippen molar-refractivity contribution in [3.05, 3.63) is 0 Å². The normalized spacial score (nSPS) is 20.7. The molecule has 5 N–H and O–H groups in total. The zero-order valence-electron chi connectivity index (χ0n) is 10.5. The van der Waals surface area contributed by atoms with Crippen LogP contribution in [0.3, 0.4) is 0 Å². The quantitative estimate of drug-likeness (QED) is 0.503. The molecule has 3 amide bonds. The molecule has 0 radical (unpaired) electrons. The van der Waals surface area contributed by atoms with Crippen molar-refractivity contribution in [1.29, 1.82) is 0 Å². The Morgan fingerprint density at radius 1 is 1.37 bits per heavy atom. The fraction of sp³-hybridized carbons (Fsp3) is 0.727. The standard InChI is InChI=1S/C11H19N3O5/c12-9(16)5-8(10(17)18)13-11(19)14-4-2-1-3-7(14)6-15/h7-8,15H,1-6H2,(H2,12,16)(H,13,19)(H,17,18)/t7?,8-/m0/s1. The Kier molecular flexibility index (Phi) is 5.56. The molecule has 0 aliphatic carbocycles. The van der Waals surface area contributed by atoms with Gasteiger partial charge in [-0.05, 0) is 19.3 Å². The van der Waals surface area contributed by atoms with Crippen LogP contribution >= 0.6 is 0 Å². The molecule has 2 atom stereocenters. The van der Waals surface area contributed by atoms with Crippen molar-refractivity contribution < 1.29 is 24.6 Å². The lowest BCUT2D eigenvalue weighted by Crippen LogP contribution is -2.54. The minimum atomic E-state index is -1.34. The highest BCUT2D eigenvalue weighted by molar-refractivity contribution is 5.87. The zero-order chi connectivity index (χ0) is 14.4. The van der Waals surface area contributed by atoms with E-state index >= 15 is 0 Å². The predicted octanol–water partition coefficient (Wildman–Crippen LogP) is -1.13. The largest absolute Gasteiger partial charge is 0.480 e. The van der Waals surface area contributed by atoms with Crippen molar-refractivity contribution in [3.63, 3.8) is 0 Å².